The lowest BCUT2D eigenvalue weighted by Gasteiger charge is -2.33. The van der Waals surface area contributed by atoms with Gasteiger partial charge in [0, 0.05) is 19.1 Å². The van der Waals surface area contributed by atoms with E-state index in [0.29, 0.717) is 0 Å². The Bertz CT molecular complexity index is 176. The predicted molar refractivity (Wildman–Crippen MR) is 76.4 cm³/mol. The molecule has 1 aliphatic rings. The topological polar surface area (TPSA) is 15.3 Å². The van der Waals surface area contributed by atoms with Gasteiger partial charge in [0.05, 0.1) is 0 Å². The van der Waals surface area contributed by atoms with Crippen molar-refractivity contribution >= 4 is 0 Å². The van der Waals surface area contributed by atoms with Crippen molar-refractivity contribution < 1.29 is 0 Å². The van der Waals surface area contributed by atoms with Gasteiger partial charge in [0.2, 0.25) is 0 Å². The van der Waals surface area contributed by atoms with Crippen molar-refractivity contribution in [1.82, 2.24) is 10.2 Å². The Morgan fingerprint density at radius 2 is 1.88 bits per heavy atom. The molecule has 2 nitrogen and oxygen atoms in total. The first-order valence-corrected chi connectivity index (χ1v) is 7.68. The molecule has 0 aromatic carbocycles. The highest BCUT2D eigenvalue weighted by Crippen LogP contribution is 2.24. The molecule has 1 N–H and O–H groups in total. The van der Waals surface area contributed by atoms with Crippen LogP contribution >= 0.6 is 0 Å². The van der Waals surface area contributed by atoms with Crippen molar-refractivity contribution in [3.8, 4) is 0 Å². The van der Waals surface area contributed by atoms with Gasteiger partial charge in [-0.05, 0) is 38.8 Å². The summed E-state index contributed by atoms with van der Waals surface area (Å²) in [6.45, 7) is 8.07. The van der Waals surface area contributed by atoms with E-state index in [0.717, 1.165) is 25.0 Å². The van der Waals surface area contributed by atoms with Gasteiger partial charge in [-0.15, -0.1) is 0 Å². The molecule has 17 heavy (non-hydrogen) atoms. The van der Waals surface area contributed by atoms with E-state index < -0.39 is 0 Å². The molecule has 1 atom stereocenters. The van der Waals surface area contributed by atoms with Crippen LogP contribution in [0.25, 0.3) is 0 Å². The Morgan fingerprint density at radius 3 is 2.47 bits per heavy atom. The van der Waals surface area contributed by atoms with Crippen LogP contribution in [0.15, 0.2) is 0 Å². The molecule has 2 heteroatoms. The molecule has 0 radical (unpaired) electrons. The van der Waals surface area contributed by atoms with Crippen LogP contribution in [-0.2, 0) is 0 Å². The van der Waals surface area contributed by atoms with Crippen LogP contribution in [0.3, 0.4) is 0 Å². The minimum Gasteiger partial charge on any atom is -0.315 e. The molecular formula is C15H32N2. The van der Waals surface area contributed by atoms with Gasteiger partial charge in [0.15, 0.2) is 0 Å². The van der Waals surface area contributed by atoms with Crippen LogP contribution in [0.4, 0.5) is 0 Å². The molecule has 0 aliphatic heterocycles. The van der Waals surface area contributed by atoms with Crippen molar-refractivity contribution in [2.75, 3.05) is 26.7 Å². The summed E-state index contributed by atoms with van der Waals surface area (Å²) in [5.74, 6) is 0.967. The number of nitrogens with zero attached hydrogens (tertiary/aromatic N) is 1. The molecule has 0 bridgehead atoms. The maximum absolute atomic E-state index is 3.51. The lowest BCUT2D eigenvalue weighted by molar-refractivity contribution is 0.171. The molecule has 0 aromatic rings. The summed E-state index contributed by atoms with van der Waals surface area (Å²) in [6.07, 6.45) is 9.94. The monoisotopic (exact) mass is 240 g/mol. The van der Waals surface area contributed by atoms with Crippen LogP contribution < -0.4 is 5.32 Å². The molecule has 0 saturated heterocycles. The molecule has 0 spiro atoms. The quantitative estimate of drug-likeness (QED) is 0.700. The highest BCUT2D eigenvalue weighted by Gasteiger charge is 2.19. The molecule has 1 aliphatic carbocycles. The number of nitrogens with one attached hydrogen (secondary N) is 1. The lowest BCUT2D eigenvalue weighted by atomic mass is 9.88. The Labute approximate surface area is 108 Å². The zero-order valence-electron chi connectivity index (χ0n) is 12.2. The Morgan fingerprint density at radius 1 is 1.18 bits per heavy atom. The maximum Gasteiger partial charge on any atom is 0.0217 e. The molecule has 1 saturated carbocycles. The Hall–Kier alpha value is -0.0800. The van der Waals surface area contributed by atoms with Gasteiger partial charge >= 0.3 is 0 Å². The minimum absolute atomic E-state index is 0.738. The summed E-state index contributed by atoms with van der Waals surface area (Å²) in [6, 6.07) is 0.738. The SMILES string of the molecule is CCCC(CNCC)N(C)CC1CCCCC1. The van der Waals surface area contributed by atoms with E-state index in [2.05, 4.69) is 31.1 Å². The highest BCUT2D eigenvalue weighted by atomic mass is 15.1. The zero-order valence-corrected chi connectivity index (χ0v) is 12.2. The number of likely N-dealkylation sites (N-methyl/N-ethyl adjacent to an activating group) is 2. The molecule has 1 rings (SSSR count). The van der Waals surface area contributed by atoms with Crippen molar-refractivity contribution in [3.05, 3.63) is 0 Å². The van der Waals surface area contributed by atoms with E-state index in [4.69, 9.17) is 0 Å². The maximum atomic E-state index is 3.51. The summed E-state index contributed by atoms with van der Waals surface area (Å²) >= 11 is 0. The molecule has 0 amide bonds. The minimum atomic E-state index is 0.738. The fourth-order valence-electron chi connectivity index (χ4n) is 3.05. The third-order valence-electron chi connectivity index (χ3n) is 4.15. The first-order chi connectivity index (χ1) is 8.27. The standard InChI is InChI=1S/C15H32N2/c1-4-9-15(12-16-5-2)17(3)13-14-10-7-6-8-11-14/h14-16H,4-13H2,1-3H3. The van der Waals surface area contributed by atoms with E-state index >= 15 is 0 Å². The number of hydrogen-bond acceptors (Lipinski definition) is 2. The van der Waals surface area contributed by atoms with Crippen LogP contribution in [-0.4, -0.2) is 37.6 Å². The molecule has 0 aromatic heterocycles. The summed E-state index contributed by atoms with van der Waals surface area (Å²) in [5.41, 5.74) is 0. The molecule has 102 valence electrons. The second-order valence-corrected chi connectivity index (χ2v) is 5.69. The van der Waals surface area contributed by atoms with Crippen LogP contribution in [0, 0.1) is 5.92 Å². The van der Waals surface area contributed by atoms with E-state index in [9.17, 15) is 0 Å². The highest BCUT2D eigenvalue weighted by molar-refractivity contribution is 4.75. The average Bonchev–Trinajstić information content (AvgIpc) is 2.35. The lowest BCUT2D eigenvalue weighted by Crippen LogP contribution is -2.42. The smallest absolute Gasteiger partial charge is 0.0217 e. The van der Waals surface area contributed by atoms with Gasteiger partial charge in [-0.3, -0.25) is 0 Å². The van der Waals surface area contributed by atoms with Crippen LogP contribution in [0.2, 0.25) is 0 Å². The van der Waals surface area contributed by atoms with Gasteiger partial charge in [-0.2, -0.15) is 0 Å². The number of rotatable bonds is 8. The fourth-order valence-corrected chi connectivity index (χ4v) is 3.05. The van der Waals surface area contributed by atoms with Crippen molar-refractivity contribution in [2.24, 2.45) is 5.92 Å². The van der Waals surface area contributed by atoms with Gasteiger partial charge in [-0.25, -0.2) is 0 Å². The van der Waals surface area contributed by atoms with E-state index in [1.54, 1.807) is 0 Å². The fraction of sp³-hybridized carbons (Fsp3) is 1.00. The van der Waals surface area contributed by atoms with Gasteiger partial charge < -0.3 is 10.2 Å². The molecular weight excluding hydrogens is 208 g/mol. The Balaban J connectivity index is 2.31. The number of hydrogen-bond donors (Lipinski definition) is 1. The van der Waals surface area contributed by atoms with Crippen LogP contribution in [0.5, 0.6) is 0 Å². The van der Waals surface area contributed by atoms with Crippen molar-refractivity contribution in [3.63, 3.8) is 0 Å². The van der Waals surface area contributed by atoms with Gasteiger partial charge in [-0.1, -0.05) is 39.5 Å². The largest absolute Gasteiger partial charge is 0.315 e. The summed E-state index contributed by atoms with van der Waals surface area (Å²) in [7, 11) is 2.33. The second-order valence-electron chi connectivity index (χ2n) is 5.69. The van der Waals surface area contributed by atoms with Crippen LogP contribution in [0.1, 0.15) is 58.8 Å². The first kappa shape index (κ1) is 15.0. The summed E-state index contributed by atoms with van der Waals surface area (Å²) in [4.78, 5) is 2.61. The third-order valence-corrected chi connectivity index (χ3v) is 4.15. The van der Waals surface area contributed by atoms with Gasteiger partial charge in [0.1, 0.15) is 0 Å². The van der Waals surface area contributed by atoms with Crippen molar-refractivity contribution in [1.29, 1.82) is 0 Å². The normalized spacial score (nSPS) is 19.8. The molecule has 1 unspecified atom stereocenters. The van der Waals surface area contributed by atoms with E-state index in [1.807, 2.05) is 0 Å². The van der Waals surface area contributed by atoms with Crippen molar-refractivity contribution in [2.45, 2.75) is 64.8 Å². The Kier molecular flexibility index (Phi) is 7.87. The van der Waals surface area contributed by atoms with E-state index in [-0.39, 0.29) is 0 Å². The van der Waals surface area contributed by atoms with Gasteiger partial charge in [0.25, 0.3) is 0 Å². The third kappa shape index (κ3) is 5.87. The van der Waals surface area contributed by atoms with E-state index in [1.165, 1.54) is 51.5 Å². The second kappa shape index (κ2) is 8.93. The summed E-state index contributed by atoms with van der Waals surface area (Å²) < 4.78 is 0. The predicted octanol–water partition coefficient (Wildman–Crippen LogP) is 3.28. The summed E-state index contributed by atoms with van der Waals surface area (Å²) in [5, 5.41) is 3.51. The molecule has 0 heterocycles. The molecule has 1 fully saturated rings. The zero-order chi connectivity index (χ0) is 12.5. The first-order valence-electron chi connectivity index (χ1n) is 7.68. The average molecular weight is 240 g/mol.